The number of aliphatic carboxylic acids is 1. The van der Waals surface area contributed by atoms with Gasteiger partial charge >= 0.3 is 5.97 Å². The summed E-state index contributed by atoms with van der Waals surface area (Å²) >= 11 is 0. The molecule has 25 heavy (non-hydrogen) atoms. The Morgan fingerprint density at radius 2 is 1.88 bits per heavy atom. The lowest BCUT2D eigenvalue weighted by Crippen LogP contribution is -2.30. The molecule has 1 saturated carbocycles. The number of amides is 1. The number of carbonyl (C=O) groups excluding carboxylic acids is 1. The van der Waals surface area contributed by atoms with E-state index in [9.17, 15) is 14.7 Å². The predicted octanol–water partition coefficient (Wildman–Crippen LogP) is 3.62. The van der Waals surface area contributed by atoms with Gasteiger partial charge < -0.3 is 15.2 Å². The summed E-state index contributed by atoms with van der Waals surface area (Å²) in [5, 5.41) is 12.1. The first-order valence-electron chi connectivity index (χ1n) is 8.27. The maximum Gasteiger partial charge on any atom is 0.307 e. The highest BCUT2D eigenvalue weighted by molar-refractivity contribution is 5.95. The number of ether oxygens (including phenoxy) is 1. The Hall–Kier alpha value is -2.89. The van der Waals surface area contributed by atoms with Gasteiger partial charge in [0.15, 0.2) is 0 Å². The average Bonchev–Trinajstić information content (AvgIpc) is 3.08. The third-order valence-electron chi connectivity index (χ3n) is 4.49. The first-order chi connectivity index (χ1) is 12.0. The second kappa shape index (κ2) is 7.34. The van der Waals surface area contributed by atoms with Gasteiger partial charge in [0.2, 0.25) is 5.91 Å². The number of hydrogen-bond acceptors (Lipinski definition) is 4. The first kappa shape index (κ1) is 17.0. The first-order valence-corrected chi connectivity index (χ1v) is 8.27. The van der Waals surface area contributed by atoms with Crippen molar-refractivity contribution in [1.29, 1.82) is 0 Å². The predicted molar refractivity (Wildman–Crippen MR) is 92.6 cm³/mol. The summed E-state index contributed by atoms with van der Waals surface area (Å²) in [5.41, 5.74) is 1.51. The molecule has 1 aliphatic rings. The summed E-state index contributed by atoms with van der Waals surface area (Å²) in [6.45, 7) is 1.89. The van der Waals surface area contributed by atoms with Crippen LogP contribution in [0.2, 0.25) is 0 Å². The Morgan fingerprint density at radius 1 is 1.16 bits per heavy atom. The number of rotatable bonds is 5. The Labute approximate surface area is 145 Å². The van der Waals surface area contributed by atoms with Crippen LogP contribution in [0.1, 0.15) is 24.8 Å². The normalized spacial score (nSPS) is 19.4. The number of carboxylic acids is 1. The lowest BCUT2D eigenvalue weighted by Gasteiger charge is -2.16. The number of anilines is 1. The van der Waals surface area contributed by atoms with Crippen LogP contribution in [0, 0.1) is 18.8 Å². The van der Waals surface area contributed by atoms with Crippen LogP contribution in [0.4, 0.5) is 5.69 Å². The number of carbonyl (C=O) groups is 2. The van der Waals surface area contributed by atoms with Crippen LogP contribution in [-0.2, 0) is 9.59 Å². The zero-order chi connectivity index (χ0) is 17.8. The van der Waals surface area contributed by atoms with E-state index >= 15 is 0 Å². The van der Waals surface area contributed by atoms with Crippen molar-refractivity contribution >= 4 is 17.6 Å². The summed E-state index contributed by atoms with van der Waals surface area (Å²) < 4.78 is 5.79. The zero-order valence-electron chi connectivity index (χ0n) is 13.9. The topological polar surface area (TPSA) is 88.5 Å². The summed E-state index contributed by atoms with van der Waals surface area (Å²) in [6, 6.07) is 8.89. The smallest absolute Gasteiger partial charge is 0.307 e. The highest BCUT2D eigenvalue weighted by Gasteiger charge is 2.37. The molecule has 1 amide bonds. The highest BCUT2D eigenvalue weighted by atomic mass is 16.5. The van der Waals surface area contributed by atoms with Crippen molar-refractivity contribution in [1.82, 2.24) is 4.98 Å². The van der Waals surface area contributed by atoms with Crippen molar-refractivity contribution in [3.05, 3.63) is 48.3 Å². The molecule has 2 N–H and O–H groups in total. The van der Waals surface area contributed by atoms with Gasteiger partial charge in [-0.25, -0.2) is 0 Å². The number of aromatic nitrogens is 1. The summed E-state index contributed by atoms with van der Waals surface area (Å²) in [6.07, 6.45) is 5.25. The maximum absolute atomic E-state index is 12.4. The fraction of sp³-hybridized carbons (Fsp3) is 0.316. The van der Waals surface area contributed by atoms with E-state index in [-0.39, 0.29) is 5.91 Å². The zero-order valence-corrected chi connectivity index (χ0v) is 13.9. The molecule has 1 aromatic heterocycles. The van der Waals surface area contributed by atoms with Gasteiger partial charge in [-0.1, -0.05) is 6.42 Å². The Balaban J connectivity index is 1.68. The molecular weight excluding hydrogens is 320 g/mol. The molecule has 2 atom stereocenters. The number of nitrogens with zero attached hydrogens (tertiary/aromatic N) is 1. The van der Waals surface area contributed by atoms with Gasteiger partial charge in [0.1, 0.15) is 11.5 Å². The van der Waals surface area contributed by atoms with Crippen LogP contribution >= 0.6 is 0 Å². The minimum Gasteiger partial charge on any atom is -0.481 e. The molecule has 0 radical (unpaired) electrons. The van der Waals surface area contributed by atoms with E-state index in [4.69, 9.17) is 4.74 Å². The molecule has 1 aliphatic carbocycles. The summed E-state index contributed by atoms with van der Waals surface area (Å²) in [7, 11) is 0. The van der Waals surface area contributed by atoms with Crippen LogP contribution in [-0.4, -0.2) is 22.0 Å². The molecule has 6 nitrogen and oxygen atoms in total. The van der Waals surface area contributed by atoms with E-state index in [1.165, 1.54) is 0 Å². The van der Waals surface area contributed by atoms with E-state index in [1.807, 2.05) is 13.0 Å². The van der Waals surface area contributed by atoms with Crippen molar-refractivity contribution in [3.8, 4) is 11.5 Å². The fourth-order valence-corrected chi connectivity index (χ4v) is 3.18. The van der Waals surface area contributed by atoms with Crippen molar-refractivity contribution in [3.63, 3.8) is 0 Å². The van der Waals surface area contributed by atoms with Crippen LogP contribution in [0.3, 0.4) is 0 Å². The Kier molecular flexibility index (Phi) is 4.97. The number of benzene rings is 1. The van der Waals surface area contributed by atoms with Crippen molar-refractivity contribution in [2.45, 2.75) is 26.2 Å². The molecule has 1 heterocycles. The number of aryl methyl sites for hydroxylation is 1. The maximum atomic E-state index is 12.4. The van der Waals surface area contributed by atoms with Gasteiger partial charge in [-0.3, -0.25) is 14.6 Å². The second-order valence-corrected chi connectivity index (χ2v) is 6.24. The molecule has 0 spiro atoms. The van der Waals surface area contributed by atoms with Crippen LogP contribution in [0.5, 0.6) is 11.5 Å². The molecule has 2 aromatic rings. The third-order valence-corrected chi connectivity index (χ3v) is 4.49. The second-order valence-electron chi connectivity index (χ2n) is 6.24. The molecule has 1 aromatic carbocycles. The molecular formula is C19H20N2O4. The molecule has 0 bridgehead atoms. The molecule has 6 heteroatoms. The molecule has 0 unspecified atom stereocenters. The van der Waals surface area contributed by atoms with Crippen LogP contribution in [0.15, 0.2) is 42.7 Å². The summed E-state index contributed by atoms with van der Waals surface area (Å²) in [4.78, 5) is 27.6. The lowest BCUT2D eigenvalue weighted by molar-refractivity contribution is -0.145. The van der Waals surface area contributed by atoms with Gasteiger partial charge in [0.05, 0.1) is 11.8 Å². The van der Waals surface area contributed by atoms with Gasteiger partial charge in [0, 0.05) is 18.1 Å². The quantitative estimate of drug-likeness (QED) is 0.868. The Morgan fingerprint density at radius 3 is 2.56 bits per heavy atom. The standard InChI is InChI=1S/C19H20N2O4/c1-12-11-13(5-6-17(12)25-14-7-9-20-10-8-14)21-18(22)15-3-2-4-16(15)19(23)24/h5-11,15-16H,2-4H2,1H3,(H,21,22)(H,23,24)/t15-,16+/m1/s1. The average molecular weight is 340 g/mol. The number of nitrogens with one attached hydrogen (secondary N) is 1. The molecule has 130 valence electrons. The van der Waals surface area contributed by atoms with Crippen LogP contribution in [0.25, 0.3) is 0 Å². The van der Waals surface area contributed by atoms with Crippen molar-refractivity contribution < 1.29 is 19.4 Å². The molecule has 1 fully saturated rings. The Bertz CT molecular complexity index is 776. The van der Waals surface area contributed by atoms with E-state index in [0.29, 0.717) is 30.0 Å². The SMILES string of the molecule is Cc1cc(NC(=O)[C@@H]2CCC[C@@H]2C(=O)O)ccc1Oc1ccncc1. The number of hydrogen-bond donors (Lipinski definition) is 2. The molecule has 3 rings (SSSR count). The van der Waals surface area contributed by atoms with Gasteiger partial charge in [-0.05, 0) is 55.7 Å². The van der Waals surface area contributed by atoms with E-state index in [0.717, 1.165) is 12.0 Å². The van der Waals surface area contributed by atoms with Gasteiger partial charge in [0.25, 0.3) is 0 Å². The largest absolute Gasteiger partial charge is 0.481 e. The third kappa shape index (κ3) is 3.96. The minimum atomic E-state index is -0.894. The fourth-order valence-electron chi connectivity index (χ4n) is 3.18. The van der Waals surface area contributed by atoms with Crippen molar-refractivity contribution in [2.24, 2.45) is 11.8 Å². The number of carboxylic acid groups (broad SMARTS) is 1. The van der Waals surface area contributed by atoms with Crippen molar-refractivity contribution in [2.75, 3.05) is 5.32 Å². The van der Waals surface area contributed by atoms with Gasteiger partial charge in [-0.2, -0.15) is 0 Å². The number of pyridine rings is 1. The molecule has 0 aliphatic heterocycles. The van der Waals surface area contributed by atoms with E-state index < -0.39 is 17.8 Å². The van der Waals surface area contributed by atoms with E-state index in [2.05, 4.69) is 10.3 Å². The molecule has 0 saturated heterocycles. The van der Waals surface area contributed by atoms with E-state index in [1.54, 1.807) is 36.7 Å². The summed E-state index contributed by atoms with van der Waals surface area (Å²) in [5.74, 6) is -0.804. The monoisotopic (exact) mass is 340 g/mol. The lowest BCUT2D eigenvalue weighted by atomic mass is 9.95. The minimum absolute atomic E-state index is 0.230. The van der Waals surface area contributed by atoms with Crippen LogP contribution < -0.4 is 10.1 Å². The highest BCUT2D eigenvalue weighted by Crippen LogP contribution is 2.33. The van der Waals surface area contributed by atoms with Gasteiger partial charge in [-0.15, -0.1) is 0 Å².